The van der Waals surface area contributed by atoms with Crippen molar-refractivity contribution >= 4 is 21.9 Å². The van der Waals surface area contributed by atoms with Gasteiger partial charge in [-0.1, -0.05) is 41.6 Å². The van der Waals surface area contributed by atoms with Crippen LogP contribution in [0.2, 0.25) is 0 Å². The van der Waals surface area contributed by atoms with Crippen molar-refractivity contribution < 1.29 is 23.8 Å². The summed E-state index contributed by atoms with van der Waals surface area (Å²) in [5.74, 6) is -1.72. The van der Waals surface area contributed by atoms with Crippen molar-refractivity contribution in [3.8, 4) is 22.9 Å². The van der Waals surface area contributed by atoms with Crippen molar-refractivity contribution in [2.75, 3.05) is 7.11 Å². The van der Waals surface area contributed by atoms with E-state index in [1.807, 2.05) is 0 Å². The van der Waals surface area contributed by atoms with Crippen molar-refractivity contribution in [1.82, 2.24) is 15.0 Å². The second kappa shape index (κ2) is 8.93. The third-order valence-electron chi connectivity index (χ3n) is 6.36. The second-order valence-corrected chi connectivity index (χ2v) is 8.49. The average Bonchev–Trinajstić information content (AvgIpc) is 3.42. The minimum atomic E-state index is -1.39. The van der Waals surface area contributed by atoms with Gasteiger partial charge in [0.25, 0.3) is 0 Å². The zero-order valence-electron chi connectivity index (χ0n) is 19.9. The molecule has 0 amide bonds. The first-order valence-corrected chi connectivity index (χ1v) is 11.5. The van der Waals surface area contributed by atoms with Gasteiger partial charge in [-0.25, -0.2) is 14.3 Å². The van der Waals surface area contributed by atoms with Gasteiger partial charge in [0.15, 0.2) is 0 Å². The third kappa shape index (κ3) is 3.58. The summed E-state index contributed by atoms with van der Waals surface area (Å²) in [5.41, 5.74) is -1.49. The number of hydrogen-bond donors (Lipinski definition) is 2. The van der Waals surface area contributed by atoms with Gasteiger partial charge in [0.1, 0.15) is 34.1 Å². The van der Waals surface area contributed by atoms with Gasteiger partial charge in [-0.3, -0.25) is 0 Å². The molecule has 0 saturated heterocycles. The minimum absolute atomic E-state index is 0.0756. The van der Waals surface area contributed by atoms with E-state index in [9.17, 15) is 19.8 Å². The molecule has 0 unspecified atom stereocenters. The largest absolute Gasteiger partial charge is 0.507 e. The number of methoxy groups -OCH3 is 1. The lowest BCUT2D eigenvalue weighted by Gasteiger charge is -2.17. The van der Waals surface area contributed by atoms with Gasteiger partial charge in [0.05, 0.1) is 46.8 Å². The third-order valence-corrected chi connectivity index (χ3v) is 6.36. The summed E-state index contributed by atoms with van der Waals surface area (Å²) in [6.45, 7) is 0. The molecule has 3 aromatic heterocycles. The van der Waals surface area contributed by atoms with Crippen LogP contribution < -0.4 is 16.0 Å². The molecule has 0 aliphatic rings. The predicted octanol–water partition coefficient (Wildman–Crippen LogP) is 4.08. The lowest BCUT2D eigenvalue weighted by Crippen LogP contribution is -2.21. The Hall–Kier alpha value is -5.38. The lowest BCUT2D eigenvalue weighted by atomic mass is 9.88. The topological polar surface area (TPSA) is 141 Å². The van der Waals surface area contributed by atoms with E-state index in [0.717, 1.165) is 0 Å². The van der Waals surface area contributed by atoms with Crippen LogP contribution >= 0.6 is 0 Å². The Morgan fingerprint density at radius 3 is 1.89 bits per heavy atom. The van der Waals surface area contributed by atoms with Crippen LogP contribution in [0, 0.1) is 0 Å². The maximum Gasteiger partial charge on any atom is 0.344 e. The van der Waals surface area contributed by atoms with Crippen LogP contribution in [0.1, 0.15) is 22.7 Å². The Bertz CT molecular complexity index is 1860. The highest BCUT2D eigenvalue weighted by atomic mass is 16.5. The molecular formula is C28H19N3O7. The van der Waals surface area contributed by atoms with E-state index in [1.54, 1.807) is 60.7 Å². The van der Waals surface area contributed by atoms with E-state index in [4.69, 9.17) is 13.6 Å². The summed E-state index contributed by atoms with van der Waals surface area (Å²) < 4.78 is 17.8. The maximum absolute atomic E-state index is 13.3. The molecule has 3 heterocycles. The zero-order chi connectivity index (χ0) is 26.4. The van der Waals surface area contributed by atoms with Gasteiger partial charge in [-0.15, -0.1) is 5.10 Å². The normalized spacial score (nSPS) is 11.4. The summed E-state index contributed by atoms with van der Waals surface area (Å²) in [4.78, 5) is 26.6. The van der Waals surface area contributed by atoms with Gasteiger partial charge >= 0.3 is 11.3 Å². The Morgan fingerprint density at radius 1 is 0.789 bits per heavy atom. The number of para-hydroxylation sites is 4. The quantitative estimate of drug-likeness (QED) is 0.329. The van der Waals surface area contributed by atoms with Crippen molar-refractivity contribution in [1.29, 1.82) is 0 Å². The summed E-state index contributed by atoms with van der Waals surface area (Å²) >= 11 is 0. The molecule has 0 bridgehead atoms. The highest BCUT2D eigenvalue weighted by molar-refractivity contribution is 5.86. The highest BCUT2D eigenvalue weighted by Crippen LogP contribution is 2.41. The van der Waals surface area contributed by atoms with Gasteiger partial charge in [0.2, 0.25) is 0 Å². The van der Waals surface area contributed by atoms with E-state index >= 15 is 0 Å². The number of aromatic hydroxyl groups is 2. The fraction of sp³-hybridized carbons (Fsp3) is 0.0714. The number of fused-ring (bicyclic) bond motifs is 2. The molecule has 0 spiro atoms. The van der Waals surface area contributed by atoms with Crippen LogP contribution in [0.5, 0.6) is 17.2 Å². The highest BCUT2D eigenvalue weighted by Gasteiger charge is 2.34. The fourth-order valence-electron chi connectivity index (χ4n) is 4.59. The molecule has 0 fully saturated rings. The van der Waals surface area contributed by atoms with Crippen LogP contribution in [-0.4, -0.2) is 32.3 Å². The van der Waals surface area contributed by atoms with E-state index in [-0.39, 0.29) is 38.8 Å². The van der Waals surface area contributed by atoms with Crippen LogP contribution in [-0.2, 0) is 0 Å². The minimum Gasteiger partial charge on any atom is -0.507 e. The number of ether oxygens (including phenoxy) is 1. The lowest BCUT2D eigenvalue weighted by molar-refractivity contribution is 0.411. The van der Waals surface area contributed by atoms with Crippen molar-refractivity contribution in [3.05, 3.63) is 117 Å². The smallest absolute Gasteiger partial charge is 0.344 e. The van der Waals surface area contributed by atoms with Crippen molar-refractivity contribution in [2.45, 2.75) is 5.92 Å². The molecule has 0 radical (unpaired) electrons. The molecule has 0 saturated carbocycles. The summed E-state index contributed by atoms with van der Waals surface area (Å²) in [6.07, 6.45) is 1.48. The maximum atomic E-state index is 13.3. The van der Waals surface area contributed by atoms with Crippen LogP contribution in [0.4, 0.5) is 0 Å². The molecule has 0 aliphatic carbocycles. The number of hydrogen-bond acceptors (Lipinski definition) is 9. The molecule has 10 heteroatoms. The Kier molecular flexibility index (Phi) is 5.42. The molecule has 10 nitrogen and oxygen atoms in total. The van der Waals surface area contributed by atoms with E-state index in [1.165, 1.54) is 30.1 Å². The summed E-state index contributed by atoms with van der Waals surface area (Å²) in [7, 11) is 1.51. The summed E-state index contributed by atoms with van der Waals surface area (Å²) in [6, 6.07) is 19.9. The zero-order valence-corrected chi connectivity index (χ0v) is 19.9. The van der Waals surface area contributed by atoms with Crippen LogP contribution in [0.3, 0.4) is 0 Å². The molecule has 6 rings (SSSR count). The Labute approximate surface area is 213 Å². The number of nitrogens with zero attached hydrogens (tertiary/aromatic N) is 3. The van der Waals surface area contributed by atoms with Crippen LogP contribution in [0.25, 0.3) is 27.6 Å². The number of benzene rings is 3. The first-order valence-electron chi connectivity index (χ1n) is 11.5. The van der Waals surface area contributed by atoms with Gasteiger partial charge in [-0.05, 0) is 36.4 Å². The molecule has 0 aliphatic heterocycles. The van der Waals surface area contributed by atoms with Gasteiger partial charge in [0, 0.05) is 0 Å². The molecule has 0 atom stereocenters. The molecule has 6 aromatic rings. The standard InChI is InChI=1S/C28H19N3O7/c1-36-21-13-7-4-10-18(21)31-14-17(29-30-31)22(23-25(32)15-8-2-5-11-19(15)37-27(23)34)24-26(33)16-9-3-6-12-20(16)38-28(24)35/h2-14,22,32-33H,1H3. The van der Waals surface area contributed by atoms with Crippen molar-refractivity contribution in [3.63, 3.8) is 0 Å². The van der Waals surface area contributed by atoms with Crippen molar-refractivity contribution in [2.24, 2.45) is 0 Å². The number of aromatic nitrogens is 3. The SMILES string of the molecule is COc1ccccc1-n1cc(C(c2c(O)c3ccccc3oc2=O)c2c(O)c3ccccc3oc2=O)nn1. The molecule has 2 N–H and O–H groups in total. The molecular weight excluding hydrogens is 490 g/mol. The van der Waals surface area contributed by atoms with E-state index in [0.29, 0.717) is 11.4 Å². The monoisotopic (exact) mass is 509 g/mol. The Morgan fingerprint density at radius 2 is 1.32 bits per heavy atom. The Balaban J connectivity index is 1.67. The van der Waals surface area contributed by atoms with E-state index < -0.39 is 28.7 Å². The average molecular weight is 509 g/mol. The summed E-state index contributed by atoms with van der Waals surface area (Å²) in [5, 5.41) is 31.4. The van der Waals surface area contributed by atoms with Gasteiger partial charge < -0.3 is 23.8 Å². The molecule has 188 valence electrons. The van der Waals surface area contributed by atoms with E-state index in [2.05, 4.69) is 10.3 Å². The van der Waals surface area contributed by atoms with Crippen LogP contribution in [0.15, 0.2) is 97.4 Å². The first-order chi connectivity index (χ1) is 18.5. The second-order valence-electron chi connectivity index (χ2n) is 8.49. The van der Waals surface area contributed by atoms with Gasteiger partial charge in [-0.2, -0.15) is 0 Å². The predicted molar refractivity (Wildman–Crippen MR) is 137 cm³/mol. The number of rotatable bonds is 5. The first kappa shape index (κ1) is 23.0. The fourth-order valence-corrected chi connectivity index (χ4v) is 4.59. The molecule has 38 heavy (non-hydrogen) atoms. The molecule has 3 aromatic carbocycles.